The Morgan fingerprint density at radius 1 is 1.06 bits per heavy atom. The molecule has 3 aromatic rings. The fraction of sp³-hybridized carbons (Fsp3) is 0.308. The number of ketones is 1. The van der Waals surface area contributed by atoms with E-state index in [2.05, 4.69) is 17.1 Å². The highest BCUT2D eigenvalue weighted by atomic mass is 32.1. The summed E-state index contributed by atoms with van der Waals surface area (Å²) in [5.41, 5.74) is 2.30. The minimum atomic E-state index is -0.814. The molecule has 0 radical (unpaired) electrons. The Hall–Kier alpha value is -3.52. The highest BCUT2D eigenvalue weighted by Crippen LogP contribution is 2.43. The van der Waals surface area contributed by atoms with Gasteiger partial charge in [-0.1, -0.05) is 56.4 Å². The molecule has 1 aromatic heterocycles. The lowest BCUT2D eigenvalue weighted by Crippen LogP contribution is -2.29. The largest absolute Gasteiger partial charge is 0.507 e. The van der Waals surface area contributed by atoms with Crippen LogP contribution in [0, 0.1) is 0 Å². The third-order valence-corrected chi connectivity index (χ3v) is 6.94. The second-order valence-electron chi connectivity index (χ2n) is 8.30. The van der Waals surface area contributed by atoms with E-state index < -0.39 is 17.7 Å². The van der Waals surface area contributed by atoms with Gasteiger partial charge < -0.3 is 9.84 Å². The van der Waals surface area contributed by atoms with Gasteiger partial charge in [0.1, 0.15) is 16.5 Å². The van der Waals surface area contributed by atoms with Crippen LogP contribution >= 0.6 is 11.3 Å². The van der Waals surface area contributed by atoms with Crippen molar-refractivity contribution in [3.8, 4) is 5.75 Å². The van der Waals surface area contributed by atoms with E-state index in [1.807, 2.05) is 45.0 Å². The van der Waals surface area contributed by atoms with Crippen molar-refractivity contribution >= 4 is 33.9 Å². The van der Waals surface area contributed by atoms with Crippen molar-refractivity contribution in [2.45, 2.75) is 46.1 Å². The molecule has 1 amide bonds. The summed E-state index contributed by atoms with van der Waals surface area (Å²) in [5, 5.41) is 20.7. The first-order chi connectivity index (χ1) is 16.3. The first-order valence-corrected chi connectivity index (χ1v) is 12.1. The standard InChI is InChI=1S/C26H27N3O4S/c1-5-16-7-9-17(10-8-16)21-20(22(30)18-11-13-19(14-12-18)33-6-2)23(31)25(32)29(21)26-28-27-24(34-26)15(3)4/h7-15,21,30H,5-6H2,1-4H3/b22-20-. The molecular formula is C26H27N3O4S. The number of nitrogens with zero attached hydrogens (tertiary/aromatic N) is 3. The molecule has 1 atom stereocenters. The zero-order valence-corrected chi connectivity index (χ0v) is 20.4. The van der Waals surface area contributed by atoms with E-state index in [4.69, 9.17) is 4.74 Å². The number of aryl methyl sites for hydroxylation is 1. The Morgan fingerprint density at radius 2 is 1.74 bits per heavy atom. The number of amides is 1. The van der Waals surface area contributed by atoms with Gasteiger partial charge in [-0.25, -0.2) is 0 Å². The molecule has 1 fully saturated rings. The zero-order chi connectivity index (χ0) is 24.4. The molecule has 8 heteroatoms. The maximum atomic E-state index is 13.2. The fourth-order valence-electron chi connectivity index (χ4n) is 3.87. The van der Waals surface area contributed by atoms with Gasteiger partial charge in [0.25, 0.3) is 5.78 Å². The molecule has 34 heavy (non-hydrogen) atoms. The van der Waals surface area contributed by atoms with E-state index >= 15 is 0 Å². The van der Waals surface area contributed by atoms with Gasteiger partial charge in [0.2, 0.25) is 5.13 Å². The normalized spacial score (nSPS) is 17.6. The minimum absolute atomic E-state index is 0.0275. The minimum Gasteiger partial charge on any atom is -0.507 e. The van der Waals surface area contributed by atoms with E-state index in [0.29, 0.717) is 28.6 Å². The molecule has 0 spiro atoms. The number of carbonyl (C=O) groups is 2. The van der Waals surface area contributed by atoms with E-state index in [1.54, 1.807) is 24.3 Å². The zero-order valence-electron chi connectivity index (χ0n) is 19.6. The molecule has 1 aliphatic rings. The summed E-state index contributed by atoms with van der Waals surface area (Å²) in [5.74, 6) is -0.932. The number of carbonyl (C=O) groups excluding carboxylic acids is 2. The average Bonchev–Trinajstić information content (AvgIpc) is 3.43. The Bertz CT molecular complexity index is 1230. The van der Waals surface area contributed by atoms with Gasteiger partial charge in [-0.15, -0.1) is 10.2 Å². The van der Waals surface area contributed by atoms with Gasteiger partial charge in [-0.05, 0) is 48.7 Å². The highest BCUT2D eigenvalue weighted by molar-refractivity contribution is 7.15. The molecule has 1 saturated heterocycles. The third kappa shape index (κ3) is 4.33. The van der Waals surface area contributed by atoms with Crippen molar-refractivity contribution < 1.29 is 19.4 Å². The molecule has 2 heterocycles. The summed E-state index contributed by atoms with van der Waals surface area (Å²) in [4.78, 5) is 27.8. The lowest BCUT2D eigenvalue weighted by Gasteiger charge is -2.22. The SMILES string of the molecule is CCOc1ccc(/C(O)=C2/C(=O)C(=O)N(c3nnc(C(C)C)s3)C2c2ccc(CC)cc2)cc1. The predicted octanol–water partition coefficient (Wildman–Crippen LogP) is 5.25. The fourth-order valence-corrected chi connectivity index (χ4v) is 4.74. The molecule has 176 valence electrons. The predicted molar refractivity (Wildman–Crippen MR) is 132 cm³/mol. The van der Waals surface area contributed by atoms with Crippen molar-refractivity contribution in [3.63, 3.8) is 0 Å². The Labute approximate surface area is 202 Å². The summed E-state index contributed by atoms with van der Waals surface area (Å²) >= 11 is 1.28. The lowest BCUT2D eigenvalue weighted by molar-refractivity contribution is -0.132. The van der Waals surface area contributed by atoms with E-state index in [9.17, 15) is 14.7 Å². The van der Waals surface area contributed by atoms with Crippen LogP contribution in [0.1, 0.15) is 61.4 Å². The van der Waals surface area contributed by atoms with Crippen molar-refractivity contribution in [1.29, 1.82) is 0 Å². The van der Waals surface area contributed by atoms with E-state index in [1.165, 1.54) is 16.2 Å². The van der Waals surface area contributed by atoms with Gasteiger partial charge in [0, 0.05) is 11.5 Å². The average molecular weight is 478 g/mol. The van der Waals surface area contributed by atoms with Gasteiger partial charge in [-0.3, -0.25) is 14.5 Å². The number of aliphatic hydroxyl groups is 1. The molecule has 0 aliphatic carbocycles. The molecule has 4 rings (SSSR count). The quantitative estimate of drug-likeness (QED) is 0.284. The van der Waals surface area contributed by atoms with Gasteiger partial charge in [0.05, 0.1) is 18.2 Å². The smallest absolute Gasteiger partial charge is 0.301 e. The van der Waals surface area contributed by atoms with Gasteiger partial charge >= 0.3 is 5.91 Å². The lowest BCUT2D eigenvalue weighted by atomic mass is 9.94. The van der Waals surface area contributed by atoms with Crippen LogP contribution in [0.15, 0.2) is 54.1 Å². The molecular weight excluding hydrogens is 450 g/mol. The summed E-state index contributed by atoms with van der Waals surface area (Å²) in [6.45, 7) is 8.44. The number of Topliss-reactive ketones (excluding diaryl/α,β-unsaturated/α-hetero) is 1. The maximum Gasteiger partial charge on any atom is 0.301 e. The third-order valence-electron chi connectivity index (χ3n) is 5.72. The second-order valence-corrected chi connectivity index (χ2v) is 9.29. The van der Waals surface area contributed by atoms with Crippen molar-refractivity contribution in [2.75, 3.05) is 11.5 Å². The van der Waals surface area contributed by atoms with Crippen LogP contribution in [0.25, 0.3) is 5.76 Å². The topological polar surface area (TPSA) is 92.6 Å². The molecule has 2 aromatic carbocycles. The van der Waals surface area contributed by atoms with Crippen molar-refractivity contribution in [1.82, 2.24) is 10.2 Å². The first kappa shape index (κ1) is 23.6. The Kier molecular flexibility index (Phi) is 6.79. The monoisotopic (exact) mass is 477 g/mol. The maximum absolute atomic E-state index is 13.2. The number of rotatable bonds is 7. The van der Waals surface area contributed by atoms with Crippen LogP contribution in [-0.4, -0.2) is 33.6 Å². The number of hydrogen-bond donors (Lipinski definition) is 1. The molecule has 0 bridgehead atoms. The van der Waals surface area contributed by atoms with E-state index in [0.717, 1.165) is 17.0 Å². The van der Waals surface area contributed by atoms with Gasteiger partial charge in [0.15, 0.2) is 0 Å². The molecule has 0 saturated carbocycles. The molecule has 1 unspecified atom stereocenters. The number of anilines is 1. The van der Waals surface area contributed by atoms with Crippen LogP contribution in [0.5, 0.6) is 5.75 Å². The van der Waals surface area contributed by atoms with E-state index in [-0.39, 0.29) is 17.3 Å². The second kappa shape index (κ2) is 9.77. The summed E-state index contributed by atoms with van der Waals surface area (Å²) in [7, 11) is 0. The van der Waals surface area contributed by atoms with Crippen LogP contribution in [0.2, 0.25) is 0 Å². The molecule has 1 aliphatic heterocycles. The number of benzene rings is 2. The van der Waals surface area contributed by atoms with Crippen molar-refractivity contribution in [3.05, 3.63) is 75.8 Å². The number of aliphatic hydroxyl groups excluding tert-OH is 1. The summed E-state index contributed by atoms with van der Waals surface area (Å²) in [6, 6.07) is 13.7. The van der Waals surface area contributed by atoms with Crippen LogP contribution in [0.4, 0.5) is 5.13 Å². The number of ether oxygens (including phenoxy) is 1. The van der Waals surface area contributed by atoms with Crippen LogP contribution in [0.3, 0.4) is 0 Å². The number of hydrogen-bond acceptors (Lipinski definition) is 7. The first-order valence-electron chi connectivity index (χ1n) is 11.3. The van der Waals surface area contributed by atoms with Gasteiger partial charge in [-0.2, -0.15) is 0 Å². The summed E-state index contributed by atoms with van der Waals surface area (Å²) in [6.07, 6.45) is 0.862. The highest BCUT2D eigenvalue weighted by Gasteiger charge is 2.48. The Balaban J connectivity index is 1.86. The molecule has 7 nitrogen and oxygen atoms in total. The summed E-state index contributed by atoms with van der Waals surface area (Å²) < 4.78 is 5.47. The van der Waals surface area contributed by atoms with Crippen LogP contribution < -0.4 is 9.64 Å². The Morgan fingerprint density at radius 3 is 2.29 bits per heavy atom. The molecule has 1 N–H and O–H groups in total. The number of aromatic nitrogens is 2. The van der Waals surface area contributed by atoms with Crippen LogP contribution in [-0.2, 0) is 16.0 Å². The van der Waals surface area contributed by atoms with Crippen molar-refractivity contribution in [2.24, 2.45) is 0 Å².